The number of rotatable bonds is 5. The number of anilines is 1. The number of amides is 2. The summed E-state index contributed by atoms with van der Waals surface area (Å²) in [6.07, 6.45) is 1.15. The van der Waals surface area contributed by atoms with Gasteiger partial charge < -0.3 is 16.0 Å². The second kappa shape index (κ2) is 7.56. The minimum Gasteiger partial charge on any atom is -0.355 e. The molecule has 0 saturated carbocycles. The molecule has 1 aromatic carbocycles. The van der Waals surface area contributed by atoms with E-state index in [9.17, 15) is 9.59 Å². The summed E-state index contributed by atoms with van der Waals surface area (Å²) in [6.45, 7) is 3.93. The van der Waals surface area contributed by atoms with E-state index in [0.717, 1.165) is 35.2 Å². The van der Waals surface area contributed by atoms with Crippen LogP contribution in [0.25, 0.3) is 0 Å². The maximum absolute atomic E-state index is 11.9. The minimum absolute atomic E-state index is 0.0337. The van der Waals surface area contributed by atoms with Gasteiger partial charge in [0.15, 0.2) is 0 Å². The van der Waals surface area contributed by atoms with Crippen molar-refractivity contribution in [3.8, 4) is 0 Å². The average molecular weight is 354 g/mol. The van der Waals surface area contributed by atoms with Gasteiger partial charge in [-0.1, -0.05) is 22.0 Å². The van der Waals surface area contributed by atoms with Crippen LogP contribution in [-0.4, -0.2) is 31.4 Å². The zero-order valence-corrected chi connectivity index (χ0v) is 13.6. The fraction of sp³-hybridized carbons (Fsp3) is 0.467. The first-order valence-corrected chi connectivity index (χ1v) is 7.90. The molecule has 1 aliphatic rings. The van der Waals surface area contributed by atoms with Crippen molar-refractivity contribution in [3.05, 3.63) is 28.2 Å². The second-order valence-electron chi connectivity index (χ2n) is 5.24. The summed E-state index contributed by atoms with van der Waals surface area (Å²) < 4.78 is 0.922. The maximum Gasteiger partial charge on any atom is 0.226 e. The Morgan fingerprint density at radius 3 is 2.95 bits per heavy atom. The molecule has 0 aromatic heterocycles. The van der Waals surface area contributed by atoms with Gasteiger partial charge in [-0.15, -0.1) is 0 Å². The molecule has 1 saturated heterocycles. The molecular formula is C15H20BrN3O2. The highest BCUT2D eigenvalue weighted by molar-refractivity contribution is 9.10. The maximum atomic E-state index is 11.9. The van der Waals surface area contributed by atoms with E-state index in [4.69, 9.17) is 0 Å². The number of halogens is 1. The van der Waals surface area contributed by atoms with Gasteiger partial charge in [-0.05, 0) is 37.6 Å². The summed E-state index contributed by atoms with van der Waals surface area (Å²) in [4.78, 5) is 23.7. The van der Waals surface area contributed by atoms with E-state index in [1.807, 2.05) is 25.1 Å². The monoisotopic (exact) mass is 353 g/mol. The number of aryl methyl sites for hydroxylation is 1. The highest BCUT2D eigenvalue weighted by Gasteiger charge is 2.21. The van der Waals surface area contributed by atoms with Gasteiger partial charge >= 0.3 is 0 Å². The van der Waals surface area contributed by atoms with Gasteiger partial charge in [-0.25, -0.2) is 0 Å². The lowest BCUT2D eigenvalue weighted by molar-refractivity contribution is -0.124. The summed E-state index contributed by atoms with van der Waals surface area (Å²) >= 11 is 3.38. The number of carbonyl (C=O) groups excluding carboxylic acids is 2. The molecule has 1 atom stereocenters. The number of benzene rings is 1. The lowest BCUT2D eigenvalue weighted by atomic mass is 10.1. The van der Waals surface area contributed by atoms with E-state index in [1.54, 1.807) is 0 Å². The van der Waals surface area contributed by atoms with Gasteiger partial charge in [-0.2, -0.15) is 0 Å². The van der Waals surface area contributed by atoms with Crippen molar-refractivity contribution < 1.29 is 9.59 Å². The van der Waals surface area contributed by atoms with Crippen LogP contribution in [0.15, 0.2) is 22.7 Å². The van der Waals surface area contributed by atoms with E-state index >= 15 is 0 Å². The number of hydrogen-bond donors (Lipinski definition) is 3. The molecule has 0 radical (unpaired) electrons. The average Bonchev–Trinajstić information content (AvgIpc) is 2.97. The first-order valence-electron chi connectivity index (χ1n) is 7.10. The minimum atomic E-state index is -0.0963. The van der Waals surface area contributed by atoms with Crippen molar-refractivity contribution in [1.29, 1.82) is 0 Å². The molecule has 2 amide bonds. The summed E-state index contributed by atoms with van der Waals surface area (Å²) in [6, 6.07) is 5.74. The third-order valence-corrected chi connectivity index (χ3v) is 4.05. The van der Waals surface area contributed by atoms with Crippen molar-refractivity contribution in [1.82, 2.24) is 10.6 Å². The zero-order valence-electron chi connectivity index (χ0n) is 12.0. The molecule has 1 aromatic rings. The van der Waals surface area contributed by atoms with Crippen LogP contribution >= 0.6 is 15.9 Å². The fourth-order valence-corrected chi connectivity index (χ4v) is 2.62. The third kappa shape index (κ3) is 4.82. The fourth-order valence-electron chi connectivity index (χ4n) is 2.26. The molecular weight excluding hydrogens is 334 g/mol. The molecule has 0 bridgehead atoms. The van der Waals surface area contributed by atoms with Gasteiger partial charge in [0.05, 0.1) is 5.92 Å². The van der Waals surface area contributed by atoms with Gasteiger partial charge in [-0.3, -0.25) is 9.59 Å². The molecule has 0 aliphatic carbocycles. The Hall–Kier alpha value is -1.40. The molecule has 1 heterocycles. The Kier molecular flexibility index (Phi) is 5.76. The van der Waals surface area contributed by atoms with Crippen molar-refractivity contribution in [2.24, 2.45) is 5.92 Å². The van der Waals surface area contributed by atoms with Crippen molar-refractivity contribution in [2.75, 3.05) is 25.0 Å². The van der Waals surface area contributed by atoms with Crippen LogP contribution in [0.5, 0.6) is 0 Å². The van der Waals surface area contributed by atoms with Crippen molar-refractivity contribution in [3.63, 3.8) is 0 Å². The molecule has 2 rings (SSSR count). The van der Waals surface area contributed by atoms with E-state index in [0.29, 0.717) is 6.54 Å². The largest absolute Gasteiger partial charge is 0.355 e. The van der Waals surface area contributed by atoms with E-state index in [-0.39, 0.29) is 24.2 Å². The zero-order chi connectivity index (χ0) is 15.2. The van der Waals surface area contributed by atoms with Gasteiger partial charge in [0.1, 0.15) is 0 Å². The Labute approximate surface area is 133 Å². The standard InChI is InChI=1S/C15H20BrN3O2/c1-10-2-3-12(16)8-13(10)19-14(20)5-7-18-15(21)11-4-6-17-9-11/h2-3,8,11,17H,4-7,9H2,1H3,(H,18,21)(H,19,20). The highest BCUT2D eigenvalue weighted by Crippen LogP contribution is 2.20. The molecule has 1 fully saturated rings. The Bertz CT molecular complexity index is 528. The van der Waals surface area contributed by atoms with Gasteiger partial charge in [0.2, 0.25) is 11.8 Å². The summed E-state index contributed by atoms with van der Waals surface area (Å²) in [5.41, 5.74) is 1.80. The smallest absolute Gasteiger partial charge is 0.226 e. The number of nitrogens with one attached hydrogen (secondary N) is 3. The summed E-state index contributed by atoms with van der Waals surface area (Å²) in [5.74, 6) is -0.0205. The first kappa shape index (κ1) is 16.0. The predicted molar refractivity (Wildman–Crippen MR) is 86.1 cm³/mol. The molecule has 6 heteroatoms. The van der Waals surface area contributed by atoms with E-state index < -0.39 is 0 Å². The summed E-state index contributed by atoms with van der Waals surface area (Å²) in [5, 5.41) is 8.83. The number of hydrogen-bond acceptors (Lipinski definition) is 3. The van der Waals surface area contributed by atoms with Crippen LogP contribution in [0.4, 0.5) is 5.69 Å². The normalized spacial score (nSPS) is 17.5. The van der Waals surface area contributed by atoms with Crippen LogP contribution in [-0.2, 0) is 9.59 Å². The quantitative estimate of drug-likeness (QED) is 0.755. The van der Waals surface area contributed by atoms with Crippen LogP contribution < -0.4 is 16.0 Å². The Morgan fingerprint density at radius 2 is 2.24 bits per heavy atom. The lowest BCUT2D eigenvalue weighted by Crippen LogP contribution is -2.34. The Balaban J connectivity index is 1.74. The molecule has 114 valence electrons. The van der Waals surface area contributed by atoms with Crippen molar-refractivity contribution >= 4 is 33.4 Å². The van der Waals surface area contributed by atoms with Crippen LogP contribution in [0.1, 0.15) is 18.4 Å². The highest BCUT2D eigenvalue weighted by atomic mass is 79.9. The van der Waals surface area contributed by atoms with E-state index in [1.165, 1.54) is 0 Å². The molecule has 21 heavy (non-hydrogen) atoms. The predicted octanol–water partition coefficient (Wildman–Crippen LogP) is 1.81. The number of carbonyl (C=O) groups is 2. The van der Waals surface area contributed by atoms with Gasteiger partial charge in [0.25, 0.3) is 0 Å². The molecule has 1 aliphatic heterocycles. The second-order valence-corrected chi connectivity index (χ2v) is 6.15. The molecule has 1 unspecified atom stereocenters. The van der Waals surface area contributed by atoms with Crippen molar-refractivity contribution in [2.45, 2.75) is 19.8 Å². The third-order valence-electron chi connectivity index (χ3n) is 3.56. The lowest BCUT2D eigenvalue weighted by Gasteiger charge is -2.11. The van der Waals surface area contributed by atoms with Crippen LogP contribution in [0.3, 0.4) is 0 Å². The topological polar surface area (TPSA) is 70.2 Å². The Morgan fingerprint density at radius 1 is 1.43 bits per heavy atom. The molecule has 0 spiro atoms. The SMILES string of the molecule is Cc1ccc(Br)cc1NC(=O)CCNC(=O)C1CCNC1. The van der Waals surface area contributed by atoms with Gasteiger partial charge in [0, 0.05) is 29.7 Å². The first-order chi connectivity index (χ1) is 10.1. The molecule has 3 N–H and O–H groups in total. The van der Waals surface area contributed by atoms with Crippen LogP contribution in [0, 0.1) is 12.8 Å². The molecule has 5 nitrogen and oxygen atoms in total. The van der Waals surface area contributed by atoms with E-state index in [2.05, 4.69) is 31.9 Å². The van der Waals surface area contributed by atoms with Crippen LogP contribution in [0.2, 0.25) is 0 Å². The summed E-state index contributed by atoms with van der Waals surface area (Å²) in [7, 11) is 0.